The first-order valence-electron chi connectivity index (χ1n) is 9.73. The molecule has 4 rings (SSSR count). The highest BCUT2D eigenvalue weighted by molar-refractivity contribution is 7.89. The summed E-state index contributed by atoms with van der Waals surface area (Å²) in [6.07, 6.45) is 4.75. The van der Waals surface area contributed by atoms with Crippen LogP contribution >= 0.6 is 0 Å². The minimum atomic E-state index is -3.60. The molecule has 150 valence electrons. The molecule has 27 heavy (non-hydrogen) atoms. The Balaban J connectivity index is 1.48. The van der Waals surface area contributed by atoms with Crippen LogP contribution in [0, 0.1) is 16.7 Å². The van der Waals surface area contributed by atoms with Crippen LogP contribution < -0.4 is 5.32 Å². The van der Waals surface area contributed by atoms with E-state index in [1.165, 1.54) is 23.0 Å². The number of H-pyrrole nitrogens is 1. The van der Waals surface area contributed by atoms with Gasteiger partial charge in [0.1, 0.15) is 10.6 Å². The SMILES string of the molecule is CC1(C)C2CCC1(C)C(NC(=O)c1cc(S(=O)(=O)N3CCOCC3)c[nH]1)C2. The zero-order valence-corrected chi connectivity index (χ0v) is 17.1. The van der Waals surface area contributed by atoms with Crippen LogP contribution in [-0.2, 0) is 14.8 Å². The zero-order valence-electron chi connectivity index (χ0n) is 16.2. The molecule has 0 radical (unpaired) electrons. The van der Waals surface area contributed by atoms with E-state index in [0.29, 0.717) is 37.9 Å². The predicted octanol–water partition coefficient (Wildman–Crippen LogP) is 1.98. The van der Waals surface area contributed by atoms with Crippen LogP contribution in [0.4, 0.5) is 0 Å². The fourth-order valence-electron chi connectivity index (χ4n) is 5.25. The average Bonchev–Trinajstić information content (AvgIpc) is 3.27. The van der Waals surface area contributed by atoms with Crippen molar-refractivity contribution in [3.05, 3.63) is 18.0 Å². The van der Waals surface area contributed by atoms with E-state index >= 15 is 0 Å². The maximum absolute atomic E-state index is 12.8. The number of sulfonamides is 1. The van der Waals surface area contributed by atoms with Gasteiger partial charge in [-0.15, -0.1) is 0 Å². The first-order valence-corrected chi connectivity index (χ1v) is 11.2. The molecule has 3 fully saturated rings. The van der Waals surface area contributed by atoms with Crippen molar-refractivity contribution in [1.29, 1.82) is 0 Å². The van der Waals surface area contributed by atoms with Gasteiger partial charge in [0.2, 0.25) is 10.0 Å². The summed E-state index contributed by atoms with van der Waals surface area (Å²) in [6, 6.07) is 1.57. The van der Waals surface area contributed by atoms with Crippen LogP contribution in [0.5, 0.6) is 0 Å². The minimum Gasteiger partial charge on any atom is -0.379 e. The van der Waals surface area contributed by atoms with Crippen molar-refractivity contribution in [3.8, 4) is 0 Å². The summed E-state index contributed by atoms with van der Waals surface area (Å²) in [5.74, 6) is 0.404. The van der Waals surface area contributed by atoms with E-state index in [9.17, 15) is 13.2 Å². The van der Waals surface area contributed by atoms with Crippen LogP contribution in [0.2, 0.25) is 0 Å². The van der Waals surface area contributed by atoms with Crippen LogP contribution in [0.15, 0.2) is 17.2 Å². The average molecular weight is 396 g/mol. The molecule has 1 aromatic heterocycles. The Hall–Kier alpha value is -1.38. The fourth-order valence-corrected chi connectivity index (χ4v) is 6.65. The van der Waals surface area contributed by atoms with Crippen LogP contribution in [-0.4, -0.2) is 56.0 Å². The van der Waals surface area contributed by atoms with Crippen molar-refractivity contribution in [2.45, 2.75) is 51.0 Å². The van der Waals surface area contributed by atoms with Gasteiger partial charge in [-0.25, -0.2) is 8.42 Å². The number of amides is 1. The molecule has 8 heteroatoms. The van der Waals surface area contributed by atoms with Gasteiger partial charge in [0.15, 0.2) is 0 Å². The van der Waals surface area contributed by atoms with Crippen LogP contribution in [0.25, 0.3) is 0 Å². The Kier molecular flexibility index (Phi) is 4.44. The summed E-state index contributed by atoms with van der Waals surface area (Å²) in [6.45, 7) is 8.35. The number of morpholine rings is 1. The Morgan fingerprint density at radius 2 is 2.00 bits per heavy atom. The highest BCUT2D eigenvalue weighted by Crippen LogP contribution is 2.65. The smallest absolute Gasteiger partial charge is 0.267 e. The third-order valence-corrected chi connectivity index (χ3v) is 9.48. The highest BCUT2D eigenvalue weighted by atomic mass is 32.2. The number of hydrogen-bond acceptors (Lipinski definition) is 4. The number of nitrogens with zero attached hydrogens (tertiary/aromatic N) is 1. The van der Waals surface area contributed by atoms with Crippen LogP contribution in [0.3, 0.4) is 0 Å². The molecule has 2 N–H and O–H groups in total. The molecule has 1 amide bonds. The molecule has 0 spiro atoms. The molecule has 2 bridgehead atoms. The number of ether oxygens (including phenoxy) is 1. The van der Waals surface area contributed by atoms with Gasteiger partial charge in [0.05, 0.1) is 13.2 Å². The van der Waals surface area contributed by atoms with E-state index in [4.69, 9.17) is 4.74 Å². The molecular formula is C19H29N3O4S. The van der Waals surface area contributed by atoms with E-state index < -0.39 is 10.0 Å². The fraction of sp³-hybridized carbons (Fsp3) is 0.737. The molecule has 1 aromatic rings. The molecule has 0 aromatic carbocycles. The number of rotatable bonds is 4. The lowest BCUT2D eigenvalue weighted by molar-refractivity contribution is 0.0730. The first-order chi connectivity index (χ1) is 12.7. The van der Waals surface area contributed by atoms with Gasteiger partial charge in [-0.05, 0) is 42.1 Å². The number of aromatic amines is 1. The Morgan fingerprint density at radius 1 is 1.30 bits per heavy atom. The summed E-state index contributed by atoms with van der Waals surface area (Å²) < 4.78 is 32.1. The highest BCUT2D eigenvalue weighted by Gasteiger charge is 2.61. The third kappa shape index (κ3) is 2.84. The zero-order chi connectivity index (χ0) is 19.4. The Morgan fingerprint density at radius 3 is 2.59 bits per heavy atom. The second-order valence-corrected chi connectivity index (χ2v) is 10.8. The second kappa shape index (κ2) is 6.32. The van der Waals surface area contributed by atoms with Gasteiger partial charge in [-0.3, -0.25) is 4.79 Å². The monoisotopic (exact) mass is 395 g/mol. The van der Waals surface area contributed by atoms with Crippen molar-refractivity contribution >= 4 is 15.9 Å². The molecule has 1 saturated heterocycles. The summed E-state index contributed by atoms with van der Waals surface area (Å²) in [5.41, 5.74) is 0.597. The van der Waals surface area contributed by atoms with Gasteiger partial charge in [-0.2, -0.15) is 4.31 Å². The van der Waals surface area contributed by atoms with Gasteiger partial charge in [0, 0.05) is 25.3 Å². The second-order valence-electron chi connectivity index (χ2n) is 8.90. The molecule has 3 atom stereocenters. The predicted molar refractivity (Wildman–Crippen MR) is 101 cm³/mol. The molecule has 2 saturated carbocycles. The number of carbonyl (C=O) groups is 1. The minimum absolute atomic E-state index is 0.0859. The standard InChI is InChI=1S/C19H29N3O4S/c1-18(2)13-4-5-19(18,3)16(10-13)21-17(23)15-11-14(12-20-15)27(24,25)22-6-8-26-9-7-22/h11-13,16,20H,4-10H2,1-3H3,(H,21,23). The van der Waals surface area contributed by atoms with Gasteiger partial charge in [-0.1, -0.05) is 20.8 Å². The lowest BCUT2D eigenvalue weighted by Crippen LogP contribution is -2.47. The molecule has 2 aliphatic carbocycles. The van der Waals surface area contributed by atoms with Crippen LogP contribution in [0.1, 0.15) is 50.5 Å². The van der Waals surface area contributed by atoms with E-state index in [-0.39, 0.29) is 27.7 Å². The molecule has 7 nitrogen and oxygen atoms in total. The number of carbonyl (C=O) groups excluding carboxylic acids is 1. The van der Waals surface area contributed by atoms with E-state index in [1.54, 1.807) is 0 Å². The molecule has 3 unspecified atom stereocenters. The lowest BCUT2D eigenvalue weighted by Gasteiger charge is -2.39. The van der Waals surface area contributed by atoms with Gasteiger partial charge in [0.25, 0.3) is 5.91 Å². The van der Waals surface area contributed by atoms with Crippen molar-refractivity contribution in [1.82, 2.24) is 14.6 Å². The summed E-state index contributed by atoms with van der Waals surface area (Å²) in [4.78, 5) is 15.8. The number of aromatic nitrogens is 1. The maximum atomic E-state index is 12.8. The topological polar surface area (TPSA) is 91.5 Å². The van der Waals surface area contributed by atoms with Crippen molar-refractivity contribution < 1.29 is 17.9 Å². The molecule has 3 aliphatic rings. The lowest BCUT2D eigenvalue weighted by atomic mass is 9.69. The number of nitrogens with one attached hydrogen (secondary N) is 2. The van der Waals surface area contributed by atoms with Crippen molar-refractivity contribution in [3.63, 3.8) is 0 Å². The largest absolute Gasteiger partial charge is 0.379 e. The molecular weight excluding hydrogens is 366 g/mol. The number of fused-ring (bicyclic) bond motifs is 2. The van der Waals surface area contributed by atoms with Crippen molar-refractivity contribution in [2.75, 3.05) is 26.3 Å². The maximum Gasteiger partial charge on any atom is 0.267 e. The van der Waals surface area contributed by atoms with E-state index in [2.05, 4.69) is 31.1 Å². The first kappa shape index (κ1) is 19.0. The van der Waals surface area contributed by atoms with E-state index in [0.717, 1.165) is 12.8 Å². The van der Waals surface area contributed by atoms with Gasteiger partial charge < -0.3 is 15.0 Å². The van der Waals surface area contributed by atoms with Crippen molar-refractivity contribution in [2.24, 2.45) is 16.7 Å². The number of hydrogen-bond donors (Lipinski definition) is 2. The summed E-state index contributed by atoms with van der Waals surface area (Å²) in [7, 11) is -3.60. The Labute approximate surface area is 160 Å². The Bertz CT molecular complexity index is 841. The molecule has 2 heterocycles. The quantitative estimate of drug-likeness (QED) is 0.815. The summed E-state index contributed by atoms with van der Waals surface area (Å²) in [5, 5.41) is 3.17. The van der Waals surface area contributed by atoms with Gasteiger partial charge >= 0.3 is 0 Å². The van der Waals surface area contributed by atoms with E-state index in [1.807, 2.05) is 0 Å². The molecule has 1 aliphatic heterocycles. The normalized spacial score (nSPS) is 33.3. The third-order valence-electron chi connectivity index (χ3n) is 7.61. The summed E-state index contributed by atoms with van der Waals surface area (Å²) >= 11 is 0.